The van der Waals surface area contributed by atoms with Crippen molar-refractivity contribution in [2.75, 3.05) is 6.61 Å². The Kier molecular flexibility index (Phi) is 5.69. The molecule has 0 aliphatic heterocycles. The van der Waals surface area contributed by atoms with Crippen molar-refractivity contribution in [3.63, 3.8) is 0 Å². The average Bonchev–Trinajstić information content (AvgIpc) is 2.97. The van der Waals surface area contributed by atoms with E-state index in [9.17, 15) is 14.0 Å². The van der Waals surface area contributed by atoms with Gasteiger partial charge in [0.05, 0.1) is 5.56 Å². The number of rotatable bonds is 5. The maximum Gasteiger partial charge on any atom is 0.340 e. The topological polar surface area (TPSA) is 48.3 Å². The molecular formula is C24H24FNO3. The van der Waals surface area contributed by atoms with Crippen molar-refractivity contribution in [2.24, 2.45) is 0 Å². The smallest absolute Gasteiger partial charge is 0.340 e. The highest BCUT2D eigenvalue weighted by Gasteiger charge is 2.20. The standard InChI is InChI=1S/C24H24FNO3/c1-14-10-16(3)21(11-15(14)2)23(27)13-29-24(28)22-12-17(4)26(18(22)5)20-8-6-19(25)7-9-20/h6-12H,13H2,1-5H3. The molecular weight excluding hydrogens is 369 g/mol. The van der Waals surface area contributed by atoms with Crippen molar-refractivity contribution in [2.45, 2.75) is 34.6 Å². The third kappa shape index (κ3) is 4.14. The molecule has 0 N–H and O–H groups in total. The van der Waals surface area contributed by atoms with E-state index in [0.29, 0.717) is 16.8 Å². The van der Waals surface area contributed by atoms with Gasteiger partial charge in [-0.05, 0) is 87.7 Å². The van der Waals surface area contributed by atoms with Crippen LogP contribution in [0.4, 0.5) is 4.39 Å². The Hall–Kier alpha value is -3.21. The van der Waals surface area contributed by atoms with Gasteiger partial charge in [0.1, 0.15) is 5.82 Å². The van der Waals surface area contributed by atoms with Gasteiger partial charge in [0.2, 0.25) is 5.78 Å². The predicted molar refractivity (Wildman–Crippen MR) is 110 cm³/mol. The molecule has 0 amide bonds. The number of ketones is 1. The largest absolute Gasteiger partial charge is 0.454 e. The van der Waals surface area contributed by atoms with Crippen molar-refractivity contribution >= 4 is 11.8 Å². The number of esters is 1. The number of carbonyl (C=O) groups is 2. The number of ether oxygens (including phenoxy) is 1. The predicted octanol–water partition coefficient (Wildman–Crippen LogP) is 5.20. The van der Waals surface area contributed by atoms with Gasteiger partial charge in [-0.15, -0.1) is 0 Å². The highest BCUT2D eigenvalue weighted by molar-refractivity contribution is 6.00. The van der Waals surface area contributed by atoms with Crippen LogP contribution in [0.25, 0.3) is 5.69 Å². The van der Waals surface area contributed by atoms with Gasteiger partial charge in [0.25, 0.3) is 0 Å². The van der Waals surface area contributed by atoms with Crippen LogP contribution in [0.15, 0.2) is 42.5 Å². The van der Waals surface area contributed by atoms with E-state index in [-0.39, 0.29) is 18.2 Å². The minimum atomic E-state index is -0.554. The molecule has 0 bridgehead atoms. The van der Waals surface area contributed by atoms with Crippen LogP contribution in [0.5, 0.6) is 0 Å². The van der Waals surface area contributed by atoms with Crippen LogP contribution in [0.1, 0.15) is 48.8 Å². The summed E-state index contributed by atoms with van der Waals surface area (Å²) < 4.78 is 20.4. The SMILES string of the molecule is Cc1cc(C)c(C(=O)COC(=O)c2cc(C)n(-c3ccc(F)cc3)c2C)cc1C. The van der Waals surface area contributed by atoms with Crippen LogP contribution >= 0.6 is 0 Å². The third-order valence-corrected chi connectivity index (χ3v) is 5.21. The number of carbonyl (C=O) groups excluding carboxylic acids is 2. The molecule has 0 aliphatic rings. The van der Waals surface area contributed by atoms with E-state index in [2.05, 4.69) is 0 Å². The van der Waals surface area contributed by atoms with Crippen molar-refractivity contribution < 1.29 is 18.7 Å². The third-order valence-electron chi connectivity index (χ3n) is 5.21. The average molecular weight is 393 g/mol. The van der Waals surface area contributed by atoms with Crippen LogP contribution in [-0.4, -0.2) is 22.9 Å². The lowest BCUT2D eigenvalue weighted by molar-refractivity contribution is 0.0474. The lowest BCUT2D eigenvalue weighted by Crippen LogP contribution is -2.16. The Morgan fingerprint density at radius 2 is 1.48 bits per heavy atom. The second-order valence-electron chi connectivity index (χ2n) is 7.35. The number of hydrogen-bond acceptors (Lipinski definition) is 3. The summed E-state index contributed by atoms with van der Waals surface area (Å²) in [6.07, 6.45) is 0. The van der Waals surface area contributed by atoms with Gasteiger partial charge in [-0.1, -0.05) is 6.07 Å². The zero-order valence-electron chi connectivity index (χ0n) is 17.3. The van der Waals surface area contributed by atoms with Gasteiger partial charge in [-0.3, -0.25) is 4.79 Å². The molecule has 0 saturated heterocycles. The van der Waals surface area contributed by atoms with E-state index in [0.717, 1.165) is 28.1 Å². The Balaban J connectivity index is 1.78. The Morgan fingerprint density at radius 1 is 0.862 bits per heavy atom. The van der Waals surface area contributed by atoms with Crippen LogP contribution in [0.3, 0.4) is 0 Å². The number of nitrogens with zero attached hydrogens (tertiary/aromatic N) is 1. The first-order valence-electron chi connectivity index (χ1n) is 9.42. The van der Waals surface area contributed by atoms with Gasteiger partial charge < -0.3 is 9.30 Å². The second kappa shape index (κ2) is 8.03. The lowest BCUT2D eigenvalue weighted by atomic mass is 9.98. The first-order valence-corrected chi connectivity index (χ1v) is 9.42. The molecule has 1 aromatic heterocycles. The molecule has 5 heteroatoms. The van der Waals surface area contributed by atoms with E-state index in [1.165, 1.54) is 12.1 Å². The molecule has 0 spiro atoms. The van der Waals surface area contributed by atoms with E-state index in [1.54, 1.807) is 25.1 Å². The number of aromatic nitrogens is 1. The molecule has 0 radical (unpaired) electrons. The van der Waals surface area contributed by atoms with Crippen LogP contribution < -0.4 is 0 Å². The second-order valence-corrected chi connectivity index (χ2v) is 7.35. The highest BCUT2D eigenvalue weighted by atomic mass is 19.1. The molecule has 150 valence electrons. The Bertz CT molecular complexity index is 1090. The first-order chi connectivity index (χ1) is 13.7. The van der Waals surface area contributed by atoms with Crippen molar-refractivity contribution in [3.8, 4) is 5.69 Å². The molecule has 0 saturated carbocycles. The van der Waals surface area contributed by atoms with E-state index < -0.39 is 5.97 Å². The molecule has 0 atom stereocenters. The zero-order chi connectivity index (χ0) is 21.3. The summed E-state index contributed by atoms with van der Waals surface area (Å²) in [6, 6.07) is 11.6. The van der Waals surface area contributed by atoms with E-state index in [1.807, 2.05) is 44.4 Å². The molecule has 4 nitrogen and oxygen atoms in total. The summed E-state index contributed by atoms with van der Waals surface area (Å²) in [5.41, 5.74) is 6.20. The van der Waals surface area contributed by atoms with Crippen LogP contribution in [0, 0.1) is 40.4 Å². The van der Waals surface area contributed by atoms with Crippen molar-refractivity contribution in [1.29, 1.82) is 0 Å². The summed E-state index contributed by atoms with van der Waals surface area (Å²) >= 11 is 0. The van der Waals surface area contributed by atoms with Gasteiger partial charge in [0.15, 0.2) is 6.61 Å². The molecule has 3 aromatic rings. The Morgan fingerprint density at radius 3 is 2.14 bits per heavy atom. The summed E-state index contributed by atoms with van der Waals surface area (Å²) in [5, 5.41) is 0. The van der Waals surface area contributed by atoms with E-state index >= 15 is 0 Å². The van der Waals surface area contributed by atoms with Gasteiger partial charge in [-0.2, -0.15) is 0 Å². The Labute approximate surface area is 169 Å². The molecule has 29 heavy (non-hydrogen) atoms. The van der Waals surface area contributed by atoms with Crippen molar-refractivity contribution in [3.05, 3.63) is 87.5 Å². The van der Waals surface area contributed by atoms with Gasteiger partial charge >= 0.3 is 5.97 Å². The zero-order valence-corrected chi connectivity index (χ0v) is 17.3. The molecule has 0 fully saturated rings. The van der Waals surface area contributed by atoms with Gasteiger partial charge in [-0.25, -0.2) is 9.18 Å². The summed E-state index contributed by atoms with van der Waals surface area (Å²) in [6.45, 7) is 9.15. The fourth-order valence-electron chi connectivity index (χ4n) is 3.50. The van der Waals surface area contributed by atoms with Gasteiger partial charge in [0, 0.05) is 22.6 Å². The maximum atomic E-state index is 13.2. The monoisotopic (exact) mass is 393 g/mol. The highest BCUT2D eigenvalue weighted by Crippen LogP contribution is 2.22. The molecule has 1 heterocycles. The number of benzene rings is 2. The number of aryl methyl sites for hydroxylation is 4. The number of Topliss-reactive ketones (excluding diaryl/α,β-unsaturated/α-hetero) is 1. The quantitative estimate of drug-likeness (QED) is 0.442. The van der Waals surface area contributed by atoms with Crippen molar-refractivity contribution in [1.82, 2.24) is 4.57 Å². The summed E-state index contributed by atoms with van der Waals surface area (Å²) in [5.74, 6) is -1.11. The minimum Gasteiger partial charge on any atom is -0.454 e. The maximum absolute atomic E-state index is 13.2. The molecule has 2 aromatic carbocycles. The summed E-state index contributed by atoms with van der Waals surface area (Å²) in [7, 11) is 0. The molecule has 3 rings (SSSR count). The number of halogens is 1. The molecule has 0 aliphatic carbocycles. The van der Waals surface area contributed by atoms with E-state index in [4.69, 9.17) is 4.74 Å². The minimum absolute atomic E-state index is 0.230. The molecule has 0 unspecified atom stereocenters. The van der Waals surface area contributed by atoms with Crippen LogP contribution in [0.2, 0.25) is 0 Å². The lowest BCUT2D eigenvalue weighted by Gasteiger charge is -2.11. The number of hydrogen-bond donors (Lipinski definition) is 0. The summed E-state index contributed by atoms with van der Waals surface area (Å²) in [4.78, 5) is 25.2. The normalized spacial score (nSPS) is 10.8. The van der Waals surface area contributed by atoms with Crippen LogP contribution in [-0.2, 0) is 4.74 Å². The fourth-order valence-corrected chi connectivity index (χ4v) is 3.50. The first kappa shape index (κ1) is 20.5. The fraction of sp³-hybridized carbons (Fsp3) is 0.250.